The van der Waals surface area contributed by atoms with Crippen LogP contribution in [-0.2, 0) is 0 Å². The van der Waals surface area contributed by atoms with Crippen LogP contribution in [0.15, 0.2) is 24.3 Å². The van der Waals surface area contributed by atoms with E-state index in [4.69, 9.17) is 10.5 Å². The molecule has 3 heteroatoms. The summed E-state index contributed by atoms with van der Waals surface area (Å²) in [7, 11) is 0. The summed E-state index contributed by atoms with van der Waals surface area (Å²) in [6, 6.07) is 9.50. The average Bonchev–Trinajstić information content (AvgIpc) is 2.80. The molecule has 4 atom stereocenters. The van der Waals surface area contributed by atoms with E-state index >= 15 is 0 Å². The summed E-state index contributed by atoms with van der Waals surface area (Å²) in [5.41, 5.74) is 7.51. The Kier molecular flexibility index (Phi) is 1.89. The standard InChI is InChI=1S/C14H18N2O/c15-13-11-3-1-2-4-12(11)17-14(13)7-9-5-6-10(8-14)16-9/h1-4,9-10,13,16H,5-8,15H2/t9-,10+,13-,14?/m1/s1. The maximum atomic E-state index is 6.46. The van der Waals surface area contributed by atoms with Crippen molar-refractivity contribution in [3.05, 3.63) is 29.8 Å². The van der Waals surface area contributed by atoms with Crippen molar-refractivity contribution in [3.8, 4) is 5.75 Å². The highest BCUT2D eigenvalue weighted by atomic mass is 16.5. The Bertz CT molecular complexity index is 447. The fourth-order valence-corrected chi connectivity index (χ4v) is 3.88. The second-order valence-corrected chi connectivity index (χ2v) is 5.73. The van der Waals surface area contributed by atoms with E-state index in [1.54, 1.807) is 0 Å². The molecule has 0 saturated carbocycles. The van der Waals surface area contributed by atoms with Gasteiger partial charge in [-0.2, -0.15) is 0 Å². The number of nitrogens with one attached hydrogen (secondary N) is 1. The number of benzene rings is 1. The molecule has 90 valence electrons. The molecule has 17 heavy (non-hydrogen) atoms. The van der Waals surface area contributed by atoms with Gasteiger partial charge in [-0.25, -0.2) is 0 Å². The molecule has 3 aliphatic rings. The van der Waals surface area contributed by atoms with E-state index < -0.39 is 0 Å². The Labute approximate surface area is 101 Å². The van der Waals surface area contributed by atoms with E-state index in [1.165, 1.54) is 18.4 Å². The highest BCUT2D eigenvalue weighted by Crippen LogP contribution is 2.50. The van der Waals surface area contributed by atoms with Gasteiger partial charge in [0.2, 0.25) is 0 Å². The Morgan fingerprint density at radius 1 is 1.18 bits per heavy atom. The molecule has 1 aromatic carbocycles. The molecular formula is C14H18N2O. The first kappa shape index (κ1) is 9.92. The van der Waals surface area contributed by atoms with Crippen molar-refractivity contribution in [3.63, 3.8) is 0 Å². The van der Waals surface area contributed by atoms with Gasteiger partial charge in [0.25, 0.3) is 0 Å². The van der Waals surface area contributed by atoms with E-state index in [-0.39, 0.29) is 11.6 Å². The average molecular weight is 230 g/mol. The molecule has 3 heterocycles. The van der Waals surface area contributed by atoms with Crippen LogP contribution < -0.4 is 15.8 Å². The normalized spacial score (nSPS) is 42.5. The van der Waals surface area contributed by atoms with Gasteiger partial charge in [-0.05, 0) is 18.9 Å². The molecule has 2 fully saturated rings. The van der Waals surface area contributed by atoms with Crippen LogP contribution in [0.3, 0.4) is 0 Å². The van der Waals surface area contributed by atoms with Gasteiger partial charge in [0, 0.05) is 30.5 Å². The number of nitrogens with two attached hydrogens (primary N) is 1. The van der Waals surface area contributed by atoms with Crippen LogP contribution in [0.1, 0.15) is 37.3 Å². The Morgan fingerprint density at radius 2 is 1.88 bits per heavy atom. The van der Waals surface area contributed by atoms with Gasteiger partial charge in [-0.15, -0.1) is 0 Å². The molecular weight excluding hydrogens is 212 g/mol. The molecule has 1 unspecified atom stereocenters. The third-order valence-electron chi connectivity index (χ3n) is 4.65. The van der Waals surface area contributed by atoms with Gasteiger partial charge in [0.15, 0.2) is 0 Å². The monoisotopic (exact) mass is 230 g/mol. The largest absolute Gasteiger partial charge is 0.485 e. The zero-order valence-electron chi connectivity index (χ0n) is 9.86. The second kappa shape index (κ2) is 3.24. The molecule has 1 aromatic rings. The number of rotatable bonds is 0. The predicted molar refractivity (Wildman–Crippen MR) is 65.9 cm³/mol. The van der Waals surface area contributed by atoms with Gasteiger partial charge in [-0.3, -0.25) is 0 Å². The van der Waals surface area contributed by atoms with Gasteiger partial charge in [0.1, 0.15) is 11.4 Å². The van der Waals surface area contributed by atoms with Crippen LogP contribution in [0.2, 0.25) is 0 Å². The van der Waals surface area contributed by atoms with Crippen molar-refractivity contribution in [2.24, 2.45) is 5.73 Å². The van der Waals surface area contributed by atoms with Crippen molar-refractivity contribution >= 4 is 0 Å². The molecule has 0 aromatic heterocycles. The minimum atomic E-state index is -0.138. The van der Waals surface area contributed by atoms with Crippen LogP contribution in [0.5, 0.6) is 5.75 Å². The lowest BCUT2D eigenvalue weighted by Crippen LogP contribution is -2.54. The highest BCUT2D eigenvalue weighted by Gasteiger charge is 2.53. The van der Waals surface area contributed by atoms with Crippen molar-refractivity contribution in [2.45, 2.75) is 49.4 Å². The number of ether oxygens (including phenoxy) is 1. The van der Waals surface area contributed by atoms with Crippen LogP contribution >= 0.6 is 0 Å². The summed E-state index contributed by atoms with van der Waals surface area (Å²) in [5, 5.41) is 3.65. The van der Waals surface area contributed by atoms with Crippen molar-refractivity contribution < 1.29 is 4.74 Å². The summed E-state index contributed by atoms with van der Waals surface area (Å²) < 4.78 is 6.26. The predicted octanol–water partition coefficient (Wildman–Crippen LogP) is 1.73. The van der Waals surface area contributed by atoms with Gasteiger partial charge < -0.3 is 15.8 Å². The molecule has 0 aliphatic carbocycles. The van der Waals surface area contributed by atoms with Gasteiger partial charge in [-0.1, -0.05) is 18.2 Å². The molecule has 1 spiro atoms. The third kappa shape index (κ3) is 1.30. The van der Waals surface area contributed by atoms with E-state index in [0.29, 0.717) is 12.1 Å². The lowest BCUT2D eigenvalue weighted by molar-refractivity contribution is 0.0183. The molecule has 2 saturated heterocycles. The molecule has 4 rings (SSSR count). The fraction of sp³-hybridized carbons (Fsp3) is 0.571. The first-order valence-corrected chi connectivity index (χ1v) is 6.56. The van der Waals surface area contributed by atoms with Crippen molar-refractivity contribution in [2.75, 3.05) is 0 Å². The summed E-state index contributed by atoms with van der Waals surface area (Å²) in [5.74, 6) is 1.00. The number of para-hydroxylation sites is 1. The summed E-state index contributed by atoms with van der Waals surface area (Å²) in [4.78, 5) is 0. The van der Waals surface area contributed by atoms with Crippen LogP contribution in [0.25, 0.3) is 0 Å². The van der Waals surface area contributed by atoms with Crippen LogP contribution in [0, 0.1) is 0 Å². The second-order valence-electron chi connectivity index (χ2n) is 5.73. The molecule has 0 amide bonds. The Balaban J connectivity index is 1.73. The summed E-state index contributed by atoms with van der Waals surface area (Å²) in [6.45, 7) is 0. The molecule has 2 bridgehead atoms. The lowest BCUT2D eigenvalue weighted by atomic mass is 9.80. The zero-order valence-corrected chi connectivity index (χ0v) is 9.86. The lowest BCUT2D eigenvalue weighted by Gasteiger charge is -2.40. The molecule has 0 radical (unpaired) electrons. The minimum absolute atomic E-state index is 0.0453. The zero-order chi connectivity index (χ0) is 11.5. The number of fused-ring (bicyclic) bond motifs is 3. The number of hydrogen-bond donors (Lipinski definition) is 2. The maximum absolute atomic E-state index is 6.46. The smallest absolute Gasteiger partial charge is 0.131 e. The maximum Gasteiger partial charge on any atom is 0.131 e. The molecule has 3 aliphatic heterocycles. The topological polar surface area (TPSA) is 47.3 Å². The SMILES string of the molecule is N[C@@H]1c2ccccc2OC12C[C@H]1CC[C@@H](C2)N1. The third-order valence-corrected chi connectivity index (χ3v) is 4.65. The number of piperidine rings is 1. The van der Waals surface area contributed by atoms with E-state index in [0.717, 1.165) is 18.6 Å². The summed E-state index contributed by atoms with van der Waals surface area (Å²) >= 11 is 0. The highest BCUT2D eigenvalue weighted by molar-refractivity contribution is 5.43. The fourth-order valence-electron chi connectivity index (χ4n) is 3.88. The van der Waals surface area contributed by atoms with Crippen LogP contribution in [-0.4, -0.2) is 17.7 Å². The van der Waals surface area contributed by atoms with Gasteiger partial charge >= 0.3 is 0 Å². The molecule has 3 nitrogen and oxygen atoms in total. The van der Waals surface area contributed by atoms with Crippen molar-refractivity contribution in [1.82, 2.24) is 5.32 Å². The Hall–Kier alpha value is -1.06. The van der Waals surface area contributed by atoms with E-state index in [2.05, 4.69) is 17.4 Å². The van der Waals surface area contributed by atoms with Gasteiger partial charge in [0.05, 0.1) is 6.04 Å². The van der Waals surface area contributed by atoms with Crippen molar-refractivity contribution in [1.29, 1.82) is 0 Å². The minimum Gasteiger partial charge on any atom is -0.485 e. The molecule has 3 N–H and O–H groups in total. The number of hydrogen-bond acceptors (Lipinski definition) is 3. The van der Waals surface area contributed by atoms with E-state index in [1.807, 2.05) is 12.1 Å². The summed E-state index contributed by atoms with van der Waals surface area (Å²) in [6.07, 6.45) is 4.66. The Morgan fingerprint density at radius 3 is 2.59 bits per heavy atom. The van der Waals surface area contributed by atoms with E-state index in [9.17, 15) is 0 Å². The first-order valence-electron chi connectivity index (χ1n) is 6.56. The first-order chi connectivity index (χ1) is 8.27. The van der Waals surface area contributed by atoms with Crippen LogP contribution in [0.4, 0.5) is 0 Å². The quantitative estimate of drug-likeness (QED) is 0.713.